The summed E-state index contributed by atoms with van der Waals surface area (Å²) in [6.07, 6.45) is 0.460. The molecule has 1 N–H and O–H groups in total. The van der Waals surface area contributed by atoms with Crippen LogP contribution in [0.3, 0.4) is 0 Å². The number of hydrogen-bond donors (Lipinski definition) is 1. The highest BCUT2D eigenvalue weighted by molar-refractivity contribution is 5.95. The van der Waals surface area contributed by atoms with E-state index in [0.29, 0.717) is 23.6 Å². The number of methoxy groups -OCH3 is 2. The zero-order valence-corrected chi connectivity index (χ0v) is 17.6. The summed E-state index contributed by atoms with van der Waals surface area (Å²) in [5.74, 6) is 1.02. The van der Waals surface area contributed by atoms with Crippen molar-refractivity contribution in [2.24, 2.45) is 0 Å². The Morgan fingerprint density at radius 3 is 2.21 bits per heavy atom. The number of amides is 1. The van der Waals surface area contributed by atoms with Crippen LogP contribution < -0.4 is 14.8 Å². The molecule has 1 saturated heterocycles. The molecular formula is C23H30N2O4. The largest absolute Gasteiger partial charge is 0.497 e. The van der Waals surface area contributed by atoms with Crippen LogP contribution in [0.15, 0.2) is 42.5 Å². The second-order valence-corrected chi connectivity index (χ2v) is 7.50. The Hall–Kier alpha value is -2.57. The van der Waals surface area contributed by atoms with E-state index in [2.05, 4.69) is 36.2 Å². The van der Waals surface area contributed by atoms with E-state index in [0.717, 1.165) is 25.2 Å². The van der Waals surface area contributed by atoms with Gasteiger partial charge >= 0.3 is 0 Å². The molecule has 2 atom stereocenters. The molecule has 29 heavy (non-hydrogen) atoms. The van der Waals surface area contributed by atoms with Crippen molar-refractivity contribution < 1.29 is 19.0 Å². The van der Waals surface area contributed by atoms with E-state index < -0.39 is 0 Å². The molecule has 0 saturated carbocycles. The van der Waals surface area contributed by atoms with Gasteiger partial charge < -0.3 is 19.5 Å². The number of carbonyl (C=O) groups excluding carboxylic acids is 1. The molecule has 1 aliphatic rings. The summed E-state index contributed by atoms with van der Waals surface area (Å²) in [6.45, 7) is 7.35. The SMILES string of the molecule is COc1cc(OC)cc(C(=O)NCc2ccccc2CN2C[C@@H](C)O[C@H](C)C2)c1. The van der Waals surface area contributed by atoms with Crippen molar-refractivity contribution in [2.75, 3.05) is 27.3 Å². The number of hydrogen-bond acceptors (Lipinski definition) is 5. The summed E-state index contributed by atoms with van der Waals surface area (Å²) >= 11 is 0. The van der Waals surface area contributed by atoms with Crippen molar-refractivity contribution in [3.63, 3.8) is 0 Å². The van der Waals surface area contributed by atoms with Crippen LogP contribution in [0.5, 0.6) is 11.5 Å². The van der Waals surface area contributed by atoms with Gasteiger partial charge in [-0.15, -0.1) is 0 Å². The van der Waals surface area contributed by atoms with Gasteiger partial charge in [0.25, 0.3) is 5.91 Å². The number of ether oxygens (including phenoxy) is 3. The number of benzene rings is 2. The van der Waals surface area contributed by atoms with Gasteiger partial charge in [-0.25, -0.2) is 0 Å². The number of morpholine rings is 1. The van der Waals surface area contributed by atoms with Gasteiger partial charge in [0.05, 0.1) is 26.4 Å². The standard InChI is InChI=1S/C23H30N2O4/c1-16-13-25(14-17(2)29-16)15-19-8-6-5-7-18(19)12-24-23(26)20-9-21(27-3)11-22(10-20)28-4/h5-11,16-17H,12-15H2,1-4H3,(H,24,26)/t16-,17-/m1/s1. The van der Waals surface area contributed by atoms with Gasteiger partial charge in [-0.3, -0.25) is 9.69 Å². The summed E-state index contributed by atoms with van der Waals surface area (Å²) < 4.78 is 16.3. The maximum Gasteiger partial charge on any atom is 0.251 e. The number of carbonyl (C=O) groups is 1. The maximum absolute atomic E-state index is 12.7. The Kier molecular flexibility index (Phi) is 7.12. The summed E-state index contributed by atoms with van der Waals surface area (Å²) in [6, 6.07) is 13.4. The lowest BCUT2D eigenvalue weighted by Crippen LogP contribution is -2.45. The van der Waals surface area contributed by atoms with Crippen LogP contribution >= 0.6 is 0 Å². The lowest BCUT2D eigenvalue weighted by molar-refractivity contribution is -0.0705. The first-order valence-electron chi connectivity index (χ1n) is 9.94. The smallest absolute Gasteiger partial charge is 0.251 e. The van der Waals surface area contributed by atoms with Crippen LogP contribution in [0.1, 0.15) is 35.3 Å². The highest BCUT2D eigenvalue weighted by Gasteiger charge is 2.22. The minimum atomic E-state index is -0.161. The van der Waals surface area contributed by atoms with E-state index in [1.165, 1.54) is 5.56 Å². The molecule has 0 radical (unpaired) electrons. The van der Waals surface area contributed by atoms with Crippen LogP contribution in [0.2, 0.25) is 0 Å². The maximum atomic E-state index is 12.7. The van der Waals surface area contributed by atoms with Crippen LogP contribution in [0.4, 0.5) is 0 Å². The minimum Gasteiger partial charge on any atom is -0.497 e. The molecule has 1 heterocycles. The highest BCUT2D eigenvalue weighted by Crippen LogP contribution is 2.23. The van der Waals surface area contributed by atoms with E-state index in [1.807, 2.05) is 12.1 Å². The third kappa shape index (κ3) is 5.71. The molecule has 1 amide bonds. The Bertz CT molecular complexity index is 807. The molecule has 6 nitrogen and oxygen atoms in total. The van der Waals surface area contributed by atoms with Gasteiger partial charge in [-0.05, 0) is 37.1 Å². The zero-order valence-electron chi connectivity index (χ0n) is 17.6. The van der Waals surface area contributed by atoms with Crippen LogP contribution in [0, 0.1) is 0 Å². The Balaban J connectivity index is 1.67. The first-order chi connectivity index (χ1) is 14.0. The van der Waals surface area contributed by atoms with Crippen molar-refractivity contribution in [2.45, 2.75) is 39.1 Å². The average molecular weight is 399 g/mol. The molecule has 0 spiro atoms. The Morgan fingerprint density at radius 1 is 1.03 bits per heavy atom. The van der Waals surface area contributed by atoms with Gasteiger partial charge in [0.15, 0.2) is 0 Å². The van der Waals surface area contributed by atoms with E-state index in [9.17, 15) is 4.79 Å². The van der Waals surface area contributed by atoms with Crippen molar-refractivity contribution in [3.8, 4) is 11.5 Å². The fourth-order valence-corrected chi connectivity index (χ4v) is 3.75. The van der Waals surface area contributed by atoms with Crippen molar-refractivity contribution in [3.05, 3.63) is 59.2 Å². The molecule has 2 aromatic rings. The first-order valence-corrected chi connectivity index (χ1v) is 9.94. The molecule has 1 fully saturated rings. The quantitative estimate of drug-likeness (QED) is 0.776. The predicted octanol–water partition coefficient (Wildman–Crippen LogP) is 3.24. The lowest BCUT2D eigenvalue weighted by atomic mass is 10.1. The van der Waals surface area contributed by atoms with Crippen molar-refractivity contribution in [1.82, 2.24) is 10.2 Å². The van der Waals surface area contributed by atoms with Gasteiger partial charge in [0, 0.05) is 37.8 Å². The van der Waals surface area contributed by atoms with E-state index >= 15 is 0 Å². The topological polar surface area (TPSA) is 60.0 Å². The summed E-state index contributed by atoms with van der Waals surface area (Å²) in [7, 11) is 3.14. The molecule has 2 aromatic carbocycles. The van der Waals surface area contributed by atoms with Crippen LogP contribution in [-0.2, 0) is 17.8 Å². The summed E-state index contributed by atoms with van der Waals surface area (Å²) in [4.78, 5) is 15.1. The molecular weight excluding hydrogens is 368 g/mol. The van der Waals surface area contributed by atoms with Gasteiger partial charge in [-0.1, -0.05) is 24.3 Å². The fourth-order valence-electron chi connectivity index (χ4n) is 3.75. The van der Waals surface area contributed by atoms with E-state index in [1.54, 1.807) is 32.4 Å². The number of nitrogens with zero attached hydrogens (tertiary/aromatic N) is 1. The van der Waals surface area contributed by atoms with Crippen LogP contribution in [0.25, 0.3) is 0 Å². The molecule has 0 unspecified atom stereocenters. The summed E-state index contributed by atoms with van der Waals surface area (Å²) in [5.41, 5.74) is 2.84. The van der Waals surface area contributed by atoms with Crippen molar-refractivity contribution in [1.29, 1.82) is 0 Å². The molecule has 156 valence electrons. The van der Waals surface area contributed by atoms with Gasteiger partial charge in [0.2, 0.25) is 0 Å². The van der Waals surface area contributed by atoms with Crippen molar-refractivity contribution >= 4 is 5.91 Å². The highest BCUT2D eigenvalue weighted by atomic mass is 16.5. The molecule has 0 bridgehead atoms. The third-order valence-electron chi connectivity index (χ3n) is 5.06. The second kappa shape index (κ2) is 9.76. The number of rotatable bonds is 7. The molecule has 3 rings (SSSR count). The fraction of sp³-hybridized carbons (Fsp3) is 0.435. The molecule has 6 heteroatoms. The van der Waals surface area contributed by atoms with Gasteiger partial charge in [-0.2, -0.15) is 0 Å². The monoisotopic (exact) mass is 398 g/mol. The second-order valence-electron chi connectivity index (χ2n) is 7.50. The van der Waals surface area contributed by atoms with E-state index in [-0.39, 0.29) is 18.1 Å². The Morgan fingerprint density at radius 2 is 1.62 bits per heavy atom. The summed E-state index contributed by atoms with van der Waals surface area (Å²) in [5, 5.41) is 3.02. The molecule has 0 aromatic heterocycles. The lowest BCUT2D eigenvalue weighted by Gasteiger charge is -2.35. The zero-order chi connectivity index (χ0) is 20.8. The van der Waals surface area contributed by atoms with Gasteiger partial charge in [0.1, 0.15) is 11.5 Å². The molecule has 0 aliphatic carbocycles. The molecule has 1 aliphatic heterocycles. The van der Waals surface area contributed by atoms with E-state index in [4.69, 9.17) is 14.2 Å². The van der Waals surface area contributed by atoms with Crippen LogP contribution in [-0.4, -0.2) is 50.3 Å². The number of nitrogens with one attached hydrogen (secondary N) is 1. The third-order valence-corrected chi connectivity index (χ3v) is 5.06. The normalized spacial score (nSPS) is 19.6. The minimum absolute atomic E-state index is 0.161. The predicted molar refractivity (Wildman–Crippen MR) is 112 cm³/mol. The average Bonchev–Trinajstić information content (AvgIpc) is 2.71. The Labute approximate surface area is 172 Å². The first kappa shape index (κ1) is 21.1.